The Morgan fingerprint density at radius 1 is 1.29 bits per heavy atom. The minimum atomic E-state index is -0.917. The molecule has 1 aliphatic heterocycles. The number of rotatable bonds is 4. The second-order valence-corrected chi connectivity index (χ2v) is 7.42. The summed E-state index contributed by atoms with van der Waals surface area (Å²) >= 11 is 1.50. The van der Waals surface area contributed by atoms with E-state index in [0.717, 1.165) is 27.6 Å². The topological polar surface area (TPSA) is 70.5 Å². The molecule has 6 heteroatoms. The summed E-state index contributed by atoms with van der Waals surface area (Å²) in [6, 6.07) is 7.38. The van der Waals surface area contributed by atoms with Crippen molar-refractivity contribution in [3.05, 3.63) is 39.7 Å². The van der Waals surface area contributed by atoms with Crippen molar-refractivity contribution in [2.45, 2.75) is 39.2 Å². The smallest absolute Gasteiger partial charge is 0.326 e. The maximum absolute atomic E-state index is 12.6. The molecule has 1 amide bonds. The first-order valence-corrected chi connectivity index (χ1v) is 8.83. The summed E-state index contributed by atoms with van der Waals surface area (Å²) in [5, 5.41) is 10.2. The van der Waals surface area contributed by atoms with E-state index >= 15 is 0 Å². The third kappa shape index (κ3) is 3.33. The van der Waals surface area contributed by atoms with Gasteiger partial charge in [-0.2, -0.15) is 0 Å². The number of benzene rings is 1. The zero-order chi connectivity index (χ0) is 17.3. The molecule has 2 heterocycles. The Balaban J connectivity index is 1.84. The number of aliphatic carboxylic acids is 1. The van der Waals surface area contributed by atoms with Gasteiger partial charge in [-0.05, 0) is 26.7 Å². The standard InChI is InChI=1S/C18H20N2O3S/c1-11-5-7-13(8-6-11)17-15(24-12(2)19-17)10-16(21)20-9-3-4-14(20)18(22)23/h5-8,14H,3-4,9-10H2,1-2H3,(H,22,23). The van der Waals surface area contributed by atoms with Crippen LogP contribution in [0.3, 0.4) is 0 Å². The zero-order valence-corrected chi connectivity index (χ0v) is 14.6. The first-order chi connectivity index (χ1) is 11.5. The quantitative estimate of drug-likeness (QED) is 0.925. The minimum Gasteiger partial charge on any atom is -0.480 e. The number of thiazole rings is 1. The van der Waals surface area contributed by atoms with Crippen molar-refractivity contribution < 1.29 is 14.7 Å². The largest absolute Gasteiger partial charge is 0.480 e. The van der Waals surface area contributed by atoms with Gasteiger partial charge in [0, 0.05) is 17.0 Å². The molecule has 24 heavy (non-hydrogen) atoms. The Kier molecular flexibility index (Phi) is 4.66. The Labute approximate surface area is 145 Å². The van der Waals surface area contributed by atoms with Gasteiger partial charge in [0.05, 0.1) is 17.1 Å². The van der Waals surface area contributed by atoms with Crippen molar-refractivity contribution in [2.75, 3.05) is 6.54 Å². The molecule has 0 aliphatic carbocycles. The van der Waals surface area contributed by atoms with E-state index in [1.54, 1.807) is 0 Å². The summed E-state index contributed by atoms with van der Waals surface area (Å²) in [5.41, 5.74) is 2.99. The highest BCUT2D eigenvalue weighted by molar-refractivity contribution is 7.12. The van der Waals surface area contributed by atoms with Gasteiger partial charge in [0.15, 0.2) is 0 Å². The van der Waals surface area contributed by atoms with E-state index in [1.807, 2.05) is 38.1 Å². The van der Waals surface area contributed by atoms with Crippen LogP contribution in [0.25, 0.3) is 11.3 Å². The Hall–Kier alpha value is -2.21. The number of carbonyl (C=O) groups excluding carboxylic acids is 1. The zero-order valence-electron chi connectivity index (χ0n) is 13.8. The van der Waals surface area contributed by atoms with Gasteiger partial charge in [-0.15, -0.1) is 11.3 Å². The Morgan fingerprint density at radius 2 is 2.00 bits per heavy atom. The predicted molar refractivity (Wildman–Crippen MR) is 93.1 cm³/mol. The summed E-state index contributed by atoms with van der Waals surface area (Å²) in [7, 11) is 0. The molecule has 5 nitrogen and oxygen atoms in total. The summed E-state index contributed by atoms with van der Waals surface area (Å²) in [6.07, 6.45) is 1.49. The molecule has 1 aromatic heterocycles. The number of aryl methyl sites for hydroxylation is 2. The summed E-state index contributed by atoms with van der Waals surface area (Å²) in [4.78, 5) is 30.9. The highest BCUT2D eigenvalue weighted by Crippen LogP contribution is 2.30. The van der Waals surface area contributed by atoms with Gasteiger partial charge in [-0.3, -0.25) is 4.79 Å². The Morgan fingerprint density at radius 3 is 2.67 bits per heavy atom. The van der Waals surface area contributed by atoms with Crippen molar-refractivity contribution >= 4 is 23.2 Å². The third-order valence-electron chi connectivity index (χ3n) is 4.30. The molecular weight excluding hydrogens is 324 g/mol. The second kappa shape index (κ2) is 6.73. The van der Waals surface area contributed by atoms with Gasteiger partial charge in [0.2, 0.25) is 5.91 Å². The molecule has 1 aliphatic rings. The van der Waals surface area contributed by atoms with Crippen molar-refractivity contribution in [1.82, 2.24) is 9.88 Å². The monoisotopic (exact) mass is 344 g/mol. The molecule has 1 unspecified atom stereocenters. The molecule has 1 atom stereocenters. The number of amides is 1. The molecule has 0 radical (unpaired) electrons. The van der Waals surface area contributed by atoms with Crippen LogP contribution < -0.4 is 0 Å². The average molecular weight is 344 g/mol. The first-order valence-electron chi connectivity index (χ1n) is 8.01. The second-order valence-electron chi connectivity index (χ2n) is 6.13. The number of hydrogen-bond acceptors (Lipinski definition) is 4. The number of likely N-dealkylation sites (tertiary alicyclic amines) is 1. The molecule has 1 saturated heterocycles. The lowest BCUT2D eigenvalue weighted by atomic mass is 10.1. The number of nitrogens with zero attached hydrogens (tertiary/aromatic N) is 2. The third-order valence-corrected chi connectivity index (χ3v) is 5.27. The van der Waals surface area contributed by atoms with Crippen LogP contribution in [0.1, 0.15) is 28.3 Å². The number of carbonyl (C=O) groups is 2. The van der Waals surface area contributed by atoms with E-state index in [4.69, 9.17) is 0 Å². The lowest BCUT2D eigenvalue weighted by Crippen LogP contribution is -2.41. The molecule has 1 N–H and O–H groups in total. The number of carboxylic acid groups (broad SMARTS) is 1. The fourth-order valence-corrected chi connectivity index (χ4v) is 4.04. The maximum atomic E-state index is 12.6. The summed E-state index contributed by atoms with van der Waals surface area (Å²) in [6.45, 7) is 4.47. The van der Waals surface area contributed by atoms with E-state index < -0.39 is 12.0 Å². The average Bonchev–Trinajstić information content (AvgIpc) is 3.15. The van der Waals surface area contributed by atoms with Crippen molar-refractivity contribution in [3.8, 4) is 11.3 Å². The SMILES string of the molecule is Cc1ccc(-c2nc(C)sc2CC(=O)N2CCCC2C(=O)O)cc1. The molecule has 0 saturated carbocycles. The minimum absolute atomic E-state index is 0.128. The van der Waals surface area contributed by atoms with Crippen LogP contribution in [-0.4, -0.2) is 39.5 Å². The highest BCUT2D eigenvalue weighted by atomic mass is 32.1. The summed E-state index contributed by atoms with van der Waals surface area (Å²) < 4.78 is 0. The van der Waals surface area contributed by atoms with Gasteiger partial charge in [-0.25, -0.2) is 9.78 Å². The number of aromatic nitrogens is 1. The van der Waals surface area contributed by atoms with Crippen LogP contribution in [-0.2, 0) is 16.0 Å². The molecule has 3 rings (SSSR count). The molecule has 0 spiro atoms. The fraction of sp³-hybridized carbons (Fsp3) is 0.389. The first kappa shape index (κ1) is 16.6. The Bertz CT molecular complexity index is 767. The van der Waals surface area contributed by atoms with Crippen LogP contribution in [0, 0.1) is 13.8 Å². The lowest BCUT2D eigenvalue weighted by Gasteiger charge is -2.21. The fourth-order valence-electron chi connectivity index (χ4n) is 3.09. The van der Waals surface area contributed by atoms with Gasteiger partial charge < -0.3 is 10.0 Å². The lowest BCUT2D eigenvalue weighted by molar-refractivity contribution is -0.147. The van der Waals surface area contributed by atoms with Gasteiger partial charge in [-0.1, -0.05) is 29.8 Å². The van der Waals surface area contributed by atoms with Crippen LogP contribution in [0.4, 0.5) is 0 Å². The predicted octanol–water partition coefficient (Wildman–Crippen LogP) is 3.05. The van der Waals surface area contributed by atoms with Crippen LogP contribution in [0.2, 0.25) is 0 Å². The van der Waals surface area contributed by atoms with Gasteiger partial charge >= 0.3 is 5.97 Å². The molecule has 1 fully saturated rings. The molecule has 0 bridgehead atoms. The summed E-state index contributed by atoms with van der Waals surface area (Å²) in [5.74, 6) is -1.04. The maximum Gasteiger partial charge on any atom is 0.326 e. The number of carboxylic acids is 1. The highest BCUT2D eigenvalue weighted by Gasteiger charge is 2.34. The van der Waals surface area contributed by atoms with Crippen LogP contribution in [0.5, 0.6) is 0 Å². The molecule has 126 valence electrons. The van der Waals surface area contributed by atoms with E-state index in [1.165, 1.54) is 21.8 Å². The normalized spacial score (nSPS) is 17.2. The van der Waals surface area contributed by atoms with E-state index in [0.29, 0.717) is 13.0 Å². The van der Waals surface area contributed by atoms with Crippen molar-refractivity contribution in [1.29, 1.82) is 0 Å². The molecular formula is C18H20N2O3S. The van der Waals surface area contributed by atoms with Crippen molar-refractivity contribution in [2.24, 2.45) is 0 Å². The van der Waals surface area contributed by atoms with Crippen molar-refractivity contribution in [3.63, 3.8) is 0 Å². The van der Waals surface area contributed by atoms with Gasteiger partial charge in [0.25, 0.3) is 0 Å². The van der Waals surface area contributed by atoms with Crippen LogP contribution >= 0.6 is 11.3 Å². The van der Waals surface area contributed by atoms with Crippen LogP contribution in [0.15, 0.2) is 24.3 Å². The van der Waals surface area contributed by atoms with Gasteiger partial charge in [0.1, 0.15) is 6.04 Å². The number of hydrogen-bond donors (Lipinski definition) is 1. The van der Waals surface area contributed by atoms with E-state index in [2.05, 4.69) is 4.98 Å². The molecule has 1 aromatic carbocycles. The molecule has 2 aromatic rings. The van der Waals surface area contributed by atoms with E-state index in [9.17, 15) is 14.7 Å². The van der Waals surface area contributed by atoms with E-state index in [-0.39, 0.29) is 12.3 Å².